The fraction of sp³-hybridized carbons (Fsp3) is 0.250. The third-order valence-corrected chi connectivity index (χ3v) is 4.37. The van der Waals surface area contributed by atoms with E-state index in [-0.39, 0.29) is 16.4 Å². The summed E-state index contributed by atoms with van der Waals surface area (Å²) in [4.78, 5) is 4.36. The maximum atomic E-state index is 12.1. The molecule has 21 heavy (non-hydrogen) atoms. The maximum absolute atomic E-state index is 12.1. The van der Waals surface area contributed by atoms with Gasteiger partial charge in [-0.15, -0.1) is 0 Å². The van der Waals surface area contributed by atoms with Crippen LogP contribution >= 0.6 is 12.2 Å². The van der Waals surface area contributed by atoms with Crippen molar-refractivity contribution >= 4 is 27.2 Å². The van der Waals surface area contributed by atoms with Crippen LogP contribution in [0, 0.1) is 6.92 Å². The van der Waals surface area contributed by atoms with Crippen molar-refractivity contribution in [2.75, 3.05) is 6.54 Å². The largest absolute Gasteiger partial charge is 0.389 e. The lowest BCUT2D eigenvalue weighted by Crippen LogP contribution is -2.26. The molecule has 1 aromatic carbocycles. The second-order valence-electron chi connectivity index (χ2n) is 4.27. The molecule has 0 spiro atoms. The molecule has 0 radical (unpaired) electrons. The van der Waals surface area contributed by atoms with Gasteiger partial charge in [-0.3, -0.25) is 0 Å². The second kappa shape index (κ2) is 6.29. The zero-order chi connectivity index (χ0) is 15.5. The molecule has 7 nitrogen and oxygen atoms in total. The Labute approximate surface area is 127 Å². The first-order valence-electron chi connectivity index (χ1n) is 6.07. The first-order valence-corrected chi connectivity index (χ1v) is 7.96. The molecule has 0 fully saturated rings. The summed E-state index contributed by atoms with van der Waals surface area (Å²) in [5.74, 6) is 0.903. The van der Waals surface area contributed by atoms with Crippen LogP contribution in [0.4, 0.5) is 0 Å². The summed E-state index contributed by atoms with van der Waals surface area (Å²) in [6, 6.07) is 6.05. The van der Waals surface area contributed by atoms with Crippen LogP contribution in [-0.2, 0) is 16.4 Å². The van der Waals surface area contributed by atoms with E-state index in [1.807, 2.05) is 0 Å². The predicted molar refractivity (Wildman–Crippen MR) is 80.3 cm³/mol. The second-order valence-corrected chi connectivity index (χ2v) is 6.47. The number of aryl methyl sites for hydroxylation is 1. The summed E-state index contributed by atoms with van der Waals surface area (Å²) in [5.41, 5.74) is 6.08. The number of thiocarbonyl (C=S) groups is 1. The van der Waals surface area contributed by atoms with Crippen LogP contribution in [0.1, 0.15) is 17.3 Å². The van der Waals surface area contributed by atoms with E-state index >= 15 is 0 Å². The third-order valence-electron chi connectivity index (χ3n) is 2.66. The summed E-state index contributed by atoms with van der Waals surface area (Å²) in [6.45, 7) is 1.85. The highest BCUT2D eigenvalue weighted by molar-refractivity contribution is 7.89. The molecule has 0 aliphatic heterocycles. The molecular formula is C12H14N4O3S2. The Morgan fingerprint density at radius 3 is 2.57 bits per heavy atom. The van der Waals surface area contributed by atoms with Crippen LogP contribution in [0.5, 0.6) is 0 Å². The summed E-state index contributed by atoms with van der Waals surface area (Å²) >= 11 is 4.81. The van der Waals surface area contributed by atoms with Crippen molar-refractivity contribution in [1.82, 2.24) is 14.9 Å². The molecule has 0 aliphatic carbocycles. The number of rotatable bonds is 6. The van der Waals surface area contributed by atoms with Crippen molar-refractivity contribution in [3.8, 4) is 0 Å². The Hall–Kier alpha value is -1.84. The molecule has 0 aliphatic rings. The normalized spacial score (nSPS) is 11.5. The van der Waals surface area contributed by atoms with Crippen molar-refractivity contribution in [3.63, 3.8) is 0 Å². The van der Waals surface area contributed by atoms with E-state index in [2.05, 4.69) is 14.9 Å². The van der Waals surface area contributed by atoms with Gasteiger partial charge in [0.15, 0.2) is 5.82 Å². The number of benzene rings is 1. The van der Waals surface area contributed by atoms with Crippen molar-refractivity contribution in [1.29, 1.82) is 0 Å². The number of aromatic nitrogens is 2. The Morgan fingerprint density at radius 1 is 1.38 bits per heavy atom. The minimum Gasteiger partial charge on any atom is -0.389 e. The van der Waals surface area contributed by atoms with Gasteiger partial charge in [-0.05, 0) is 12.1 Å². The standard InChI is InChI=1S/C12H14N4O3S2/c1-8-15-11(16-19-8)6-7-14-21(17,18)10-4-2-9(3-5-10)12(13)20/h2-5,14H,6-7H2,1H3,(H2,13,20). The number of nitrogens with zero attached hydrogens (tertiary/aromatic N) is 2. The maximum Gasteiger partial charge on any atom is 0.240 e. The van der Waals surface area contributed by atoms with Crippen LogP contribution in [0.15, 0.2) is 33.7 Å². The Bertz CT molecular complexity index is 738. The molecule has 0 saturated carbocycles. The van der Waals surface area contributed by atoms with Gasteiger partial charge < -0.3 is 10.3 Å². The molecule has 0 atom stereocenters. The van der Waals surface area contributed by atoms with Gasteiger partial charge in [0.2, 0.25) is 15.9 Å². The average molecular weight is 326 g/mol. The van der Waals surface area contributed by atoms with Gasteiger partial charge in [-0.1, -0.05) is 29.5 Å². The summed E-state index contributed by atoms with van der Waals surface area (Å²) in [6.07, 6.45) is 0.349. The van der Waals surface area contributed by atoms with Crippen LogP contribution in [0.25, 0.3) is 0 Å². The van der Waals surface area contributed by atoms with Crippen LogP contribution in [0.3, 0.4) is 0 Å². The Kier molecular flexibility index (Phi) is 4.66. The molecule has 0 unspecified atom stereocenters. The molecule has 9 heteroatoms. The van der Waals surface area contributed by atoms with Gasteiger partial charge in [0.1, 0.15) is 4.99 Å². The van der Waals surface area contributed by atoms with E-state index in [0.717, 1.165) is 0 Å². The van der Waals surface area contributed by atoms with Crippen LogP contribution in [0.2, 0.25) is 0 Å². The molecule has 2 rings (SSSR count). The monoisotopic (exact) mass is 326 g/mol. The fourth-order valence-electron chi connectivity index (χ4n) is 1.62. The smallest absolute Gasteiger partial charge is 0.240 e. The fourth-order valence-corrected chi connectivity index (χ4v) is 2.79. The topological polar surface area (TPSA) is 111 Å². The number of hydrogen-bond acceptors (Lipinski definition) is 6. The van der Waals surface area contributed by atoms with Crippen LogP contribution < -0.4 is 10.5 Å². The quantitative estimate of drug-likeness (QED) is 0.745. The predicted octanol–water partition coefficient (Wildman–Crippen LogP) is 0.533. The van der Waals surface area contributed by atoms with E-state index < -0.39 is 10.0 Å². The molecule has 0 bridgehead atoms. The van der Waals surface area contributed by atoms with Crippen LogP contribution in [-0.4, -0.2) is 30.1 Å². The lowest BCUT2D eigenvalue weighted by atomic mass is 10.2. The van der Waals surface area contributed by atoms with E-state index in [4.69, 9.17) is 22.5 Å². The highest BCUT2D eigenvalue weighted by Gasteiger charge is 2.14. The Morgan fingerprint density at radius 2 is 2.05 bits per heavy atom. The highest BCUT2D eigenvalue weighted by atomic mass is 32.2. The van der Waals surface area contributed by atoms with Gasteiger partial charge in [-0.2, -0.15) is 4.98 Å². The summed E-state index contributed by atoms with van der Waals surface area (Å²) in [7, 11) is -3.59. The van der Waals surface area contributed by atoms with E-state index in [1.54, 1.807) is 19.1 Å². The van der Waals surface area contributed by atoms with Gasteiger partial charge in [0.05, 0.1) is 4.90 Å². The molecule has 0 amide bonds. The first-order chi connectivity index (χ1) is 9.88. The number of nitrogens with one attached hydrogen (secondary N) is 1. The third kappa shape index (κ3) is 4.06. The molecule has 2 aromatic rings. The zero-order valence-corrected chi connectivity index (χ0v) is 12.9. The molecular weight excluding hydrogens is 312 g/mol. The molecule has 112 valence electrons. The van der Waals surface area contributed by atoms with Gasteiger partial charge in [0, 0.05) is 25.5 Å². The van der Waals surface area contributed by atoms with Gasteiger partial charge in [0.25, 0.3) is 0 Å². The van der Waals surface area contributed by atoms with E-state index in [0.29, 0.717) is 23.7 Å². The molecule has 3 N–H and O–H groups in total. The average Bonchev–Trinajstić information content (AvgIpc) is 2.84. The molecule has 1 heterocycles. The van der Waals surface area contributed by atoms with E-state index in [9.17, 15) is 8.42 Å². The number of nitrogens with two attached hydrogens (primary N) is 1. The molecule has 1 aromatic heterocycles. The minimum atomic E-state index is -3.59. The van der Waals surface area contributed by atoms with Gasteiger partial charge in [-0.25, -0.2) is 13.1 Å². The SMILES string of the molecule is Cc1nc(CCNS(=O)(=O)c2ccc(C(N)=S)cc2)no1. The van der Waals surface area contributed by atoms with Crippen molar-refractivity contribution in [2.24, 2.45) is 5.73 Å². The van der Waals surface area contributed by atoms with Gasteiger partial charge >= 0.3 is 0 Å². The minimum absolute atomic E-state index is 0.145. The summed E-state index contributed by atoms with van der Waals surface area (Å²) < 4.78 is 31.4. The van der Waals surface area contributed by atoms with Crippen molar-refractivity contribution in [2.45, 2.75) is 18.2 Å². The first kappa shape index (κ1) is 15.5. The van der Waals surface area contributed by atoms with Crippen molar-refractivity contribution in [3.05, 3.63) is 41.5 Å². The molecule has 0 saturated heterocycles. The van der Waals surface area contributed by atoms with Crippen molar-refractivity contribution < 1.29 is 12.9 Å². The van der Waals surface area contributed by atoms with E-state index in [1.165, 1.54) is 12.1 Å². The lowest BCUT2D eigenvalue weighted by molar-refractivity contribution is 0.387. The summed E-state index contributed by atoms with van der Waals surface area (Å²) in [5, 5.41) is 3.69. The number of sulfonamides is 1. The lowest BCUT2D eigenvalue weighted by Gasteiger charge is -2.06. The number of hydrogen-bond donors (Lipinski definition) is 2. The highest BCUT2D eigenvalue weighted by Crippen LogP contribution is 2.10. The zero-order valence-electron chi connectivity index (χ0n) is 11.2. The Balaban J connectivity index is 1.99.